The Morgan fingerprint density at radius 1 is 1.58 bits per heavy atom. The fourth-order valence-corrected chi connectivity index (χ4v) is 2.39. The van der Waals surface area contributed by atoms with E-state index in [0.29, 0.717) is 18.8 Å². The molecule has 19 heavy (non-hydrogen) atoms. The monoisotopic (exact) mass is 266 g/mol. The molecule has 0 bridgehead atoms. The van der Waals surface area contributed by atoms with Crippen LogP contribution < -0.4 is 11.3 Å². The molecule has 1 heterocycles. The summed E-state index contributed by atoms with van der Waals surface area (Å²) in [4.78, 5) is 12.5. The number of nitrogens with one attached hydrogen (secondary N) is 1. The average molecular weight is 266 g/mol. The molecule has 2 rings (SSSR count). The van der Waals surface area contributed by atoms with Crippen molar-refractivity contribution in [2.45, 2.75) is 25.5 Å². The van der Waals surface area contributed by atoms with Crippen LogP contribution in [0.4, 0.5) is 11.4 Å². The molecular formula is C12H18N4O3. The Morgan fingerprint density at radius 3 is 3.00 bits per heavy atom. The molecule has 1 aliphatic rings. The van der Waals surface area contributed by atoms with Gasteiger partial charge in [0.15, 0.2) is 0 Å². The second-order valence-electron chi connectivity index (χ2n) is 4.78. The molecule has 0 aromatic heterocycles. The zero-order valence-corrected chi connectivity index (χ0v) is 10.6. The van der Waals surface area contributed by atoms with Crippen LogP contribution in [0.3, 0.4) is 0 Å². The van der Waals surface area contributed by atoms with Crippen LogP contribution in [0.25, 0.3) is 0 Å². The summed E-state index contributed by atoms with van der Waals surface area (Å²) in [5.74, 6) is 5.30. The molecular weight excluding hydrogens is 248 g/mol. The Labute approximate surface area is 111 Å². The van der Waals surface area contributed by atoms with Crippen LogP contribution in [0.1, 0.15) is 18.4 Å². The number of hydrogen-bond acceptors (Lipinski definition) is 6. The second kappa shape index (κ2) is 5.96. The number of piperidine rings is 1. The van der Waals surface area contributed by atoms with Gasteiger partial charge in [-0.15, -0.1) is 0 Å². The van der Waals surface area contributed by atoms with E-state index in [0.717, 1.165) is 24.9 Å². The number of hydrazine groups is 1. The molecule has 0 aliphatic carbocycles. The standard InChI is InChI=1S/C12H18N4O3/c13-14-11-6-9(3-4-12(11)16(18)19)7-15-5-1-2-10(17)8-15/h3-4,6,10,14,17H,1-2,5,7-8,13H2. The van der Waals surface area contributed by atoms with E-state index in [-0.39, 0.29) is 11.8 Å². The van der Waals surface area contributed by atoms with Crippen molar-refractivity contribution in [1.82, 2.24) is 4.90 Å². The lowest BCUT2D eigenvalue weighted by molar-refractivity contribution is -0.384. The second-order valence-corrected chi connectivity index (χ2v) is 4.78. The molecule has 7 nitrogen and oxygen atoms in total. The van der Waals surface area contributed by atoms with Gasteiger partial charge in [0.25, 0.3) is 5.69 Å². The summed E-state index contributed by atoms with van der Waals surface area (Å²) >= 11 is 0. The van der Waals surface area contributed by atoms with Crippen LogP contribution in [0.5, 0.6) is 0 Å². The lowest BCUT2D eigenvalue weighted by Crippen LogP contribution is -2.37. The van der Waals surface area contributed by atoms with Crippen LogP contribution in [-0.4, -0.2) is 34.1 Å². The Hall–Kier alpha value is -1.70. The van der Waals surface area contributed by atoms with Crippen LogP contribution in [-0.2, 0) is 6.54 Å². The van der Waals surface area contributed by atoms with Gasteiger partial charge >= 0.3 is 0 Å². The van der Waals surface area contributed by atoms with Crippen LogP contribution in [0.15, 0.2) is 18.2 Å². The number of nitrogens with two attached hydrogens (primary N) is 1. The fraction of sp³-hybridized carbons (Fsp3) is 0.500. The SMILES string of the molecule is NNc1cc(CN2CCCC(O)C2)ccc1[N+](=O)[O-]. The average Bonchev–Trinajstić information content (AvgIpc) is 2.38. The number of β-amino-alcohol motifs (C(OH)–C–C–N with tert-alkyl or cyclic N) is 1. The van der Waals surface area contributed by atoms with E-state index >= 15 is 0 Å². The van der Waals surface area contributed by atoms with E-state index < -0.39 is 4.92 Å². The molecule has 4 N–H and O–H groups in total. The van der Waals surface area contributed by atoms with Gasteiger partial charge in [0, 0.05) is 19.2 Å². The lowest BCUT2D eigenvalue weighted by atomic mass is 10.1. The fourth-order valence-electron chi connectivity index (χ4n) is 2.39. The zero-order chi connectivity index (χ0) is 13.8. The number of aliphatic hydroxyl groups is 1. The van der Waals surface area contributed by atoms with Gasteiger partial charge in [-0.2, -0.15) is 0 Å². The number of nitrogen functional groups attached to an aromatic ring is 1. The van der Waals surface area contributed by atoms with E-state index in [1.165, 1.54) is 6.07 Å². The first kappa shape index (κ1) is 13.7. The third-order valence-corrected chi connectivity index (χ3v) is 3.30. The third kappa shape index (κ3) is 3.40. The summed E-state index contributed by atoms with van der Waals surface area (Å²) in [5.41, 5.74) is 3.56. The third-order valence-electron chi connectivity index (χ3n) is 3.30. The molecule has 0 saturated carbocycles. The number of rotatable bonds is 4. The summed E-state index contributed by atoms with van der Waals surface area (Å²) in [7, 11) is 0. The van der Waals surface area contributed by atoms with E-state index in [4.69, 9.17) is 5.84 Å². The number of nitro groups is 1. The predicted octanol–water partition coefficient (Wildman–Crippen LogP) is 0.837. The number of nitro benzene ring substituents is 1. The van der Waals surface area contributed by atoms with Crippen molar-refractivity contribution in [3.63, 3.8) is 0 Å². The molecule has 1 aromatic carbocycles. The highest BCUT2D eigenvalue weighted by molar-refractivity contribution is 5.62. The minimum absolute atomic E-state index is 0.0371. The Morgan fingerprint density at radius 2 is 2.37 bits per heavy atom. The van der Waals surface area contributed by atoms with E-state index in [1.807, 2.05) is 0 Å². The number of hydrogen-bond donors (Lipinski definition) is 3. The first-order valence-corrected chi connectivity index (χ1v) is 6.24. The largest absolute Gasteiger partial charge is 0.392 e. The van der Waals surface area contributed by atoms with E-state index in [2.05, 4.69) is 10.3 Å². The summed E-state index contributed by atoms with van der Waals surface area (Å²) < 4.78 is 0. The highest BCUT2D eigenvalue weighted by Gasteiger charge is 2.19. The highest BCUT2D eigenvalue weighted by Crippen LogP contribution is 2.25. The zero-order valence-electron chi connectivity index (χ0n) is 10.6. The van der Waals surface area contributed by atoms with E-state index in [1.54, 1.807) is 12.1 Å². The van der Waals surface area contributed by atoms with Crippen LogP contribution >= 0.6 is 0 Å². The molecule has 0 spiro atoms. The first-order valence-electron chi connectivity index (χ1n) is 6.24. The number of anilines is 1. The van der Waals surface area contributed by atoms with Crippen molar-refractivity contribution >= 4 is 11.4 Å². The minimum atomic E-state index is -0.469. The smallest absolute Gasteiger partial charge is 0.293 e. The molecule has 1 aromatic rings. The number of likely N-dealkylation sites (tertiary alicyclic amines) is 1. The topological polar surface area (TPSA) is 105 Å². The number of benzene rings is 1. The minimum Gasteiger partial charge on any atom is -0.392 e. The predicted molar refractivity (Wildman–Crippen MR) is 71.4 cm³/mol. The van der Waals surface area contributed by atoms with Gasteiger partial charge in [0.2, 0.25) is 0 Å². The Bertz CT molecular complexity index is 466. The summed E-state index contributed by atoms with van der Waals surface area (Å²) in [5, 5.41) is 20.4. The first-order chi connectivity index (χ1) is 9.10. The van der Waals surface area contributed by atoms with Crippen molar-refractivity contribution in [1.29, 1.82) is 0 Å². The van der Waals surface area contributed by atoms with Crippen molar-refractivity contribution < 1.29 is 10.0 Å². The molecule has 0 radical (unpaired) electrons. The summed E-state index contributed by atoms with van der Waals surface area (Å²) in [6.45, 7) is 2.23. The maximum atomic E-state index is 10.8. The summed E-state index contributed by atoms with van der Waals surface area (Å²) in [6, 6.07) is 4.85. The van der Waals surface area contributed by atoms with Crippen molar-refractivity contribution in [2.24, 2.45) is 5.84 Å². The Balaban J connectivity index is 2.10. The van der Waals surface area contributed by atoms with Crippen LogP contribution in [0, 0.1) is 10.1 Å². The summed E-state index contributed by atoms with van der Waals surface area (Å²) in [6.07, 6.45) is 1.53. The molecule has 1 fully saturated rings. The molecule has 104 valence electrons. The molecule has 1 aliphatic heterocycles. The molecule has 1 atom stereocenters. The normalized spacial score (nSPS) is 20.2. The number of aliphatic hydroxyl groups excluding tert-OH is 1. The molecule has 1 unspecified atom stereocenters. The molecule has 7 heteroatoms. The van der Waals surface area contributed by atoms with Crippen molar-refractivity contribution in [3.8, 4) is 0 Å². The van der Waals surface area contributed by atoms with Crippen molar-refractivity contribution in [2.75, 3.05) is 18.5 Å². The maximum Gasteiger partial charge on any atom is 0.293 e. The van der Waals surface area contributed by atoms with Gasteiger partial charge in [0.05, 0.1) is 11.0 Å². The van der Waals surface area contributed by atoms with Gasteiger partial charge in [-0.25, -0.2) is 0 Å². The molecule has 1 saturated heterocycles. The van der Waals surface area contributed by atoms with Gasteiger partial charge < -0.3 is 10.5 Å². The lowest BCUT2D eigenvalue weighted by Gasteiger charge is -2.30. The quantitative estimate of drug-likeness (QED) is 0.423. The highest BCUT2D eigenvalue weighted by atomic mass is 16.6. The Kier molecular flexibility index (Phi) is 4.31. The maximum absolute atomic E-state index is 10.8. The molecule has 0 amide bonds. The van der Waals surface area contributed by atoms with Gasteiger partial charge in [-0.1, -0.05) is 6.07 Å². The van der Waals surface area contributed by atoms with Gasteiger partial charge in [0.1, 0.15) is 5.69 Å². The van der Waals surface area contributed by atoms with Gasteiger partial charge in [-0.3, -0.25) is 20.9 Å². The van der Waals surface area contributed by atoms with Crippen LogP contribution in [0.2, 0.25) is 0 Å². The number of nitrogens with zero attached hydrogens (tertiary/aromatic N) is 2. The van der Waals surface area contributed by atoms with Crippen molar-refractivity contribution in [3.05, 3.63) is 33.9 Å². The van der Waals surface area contributed by atoms with E-state index in [9.17, 15) is 15.2 Å². The van der Waals surface area contributed by atoms with Gasteiger partial charge in [-0.05, 0) is 31.0 Å².